The highest BCUT2D eigenvalue weighted by atomic mass is 35.5. The monoisotopic (exact) mass is 276 g/mol. The van der Waals surface area contributed by atoms with Crippen LogP contribution in [-0.2, 0) is 4.74 Å². The molecule has 2 fully saturated rings. The fourth-order valence-corrected chi connectivity index (χ4v) is 3.08. The van der Waals surface area contributed by atoms with Crippen LogP contribution < -0.4 is 5.32 Å². The molecule has 2 rings (SSSR count). The normalized spacial score (nSPS) is 22.4. The van der Waals surface area contributed by atoms with E-state index in [1.807, 2.05) is 11.8 Å². The molecule has 0 aromatic heterocycles. The second-order valence-corrected chi connectivity index (χ2v) is 5.11. The average molecular weight is 277 g/mol. The Hall–Kier alpha value is -0.480. The van der Waals surface area contributed by atoms with E-state index in [-0.39, 0.29) is 18.5 Å². The van der Waals surface area contributed by atoms with E-state index in [1.54, 1.807) is 0 Å². The summed E-state index contributed by atoms with van der Waals surface area (Å²) in [6, 6.07) is 0. The maximum absolute atomic E-state index is 11.6. The molecule has 0 radical (unpaired) electrons. The number of nitrogens with one attached hydrogen (secondary N) is 1. The summed E-state index contributed by atoms with van der Waals surface area (Å²) >= 11 is 0. The first-order valence-corrected chi connectivity index (χ1v) is 6.93. The third-order valence-electron chi connectivity index (χ3n) is 4.12. The predicted octanol–water partition coefficient (Wildman–Crippen LogP) is 2.28. The second-order valence-electron chi connectivity index (χ2n) is 5.11. The van der Waals surface area contributed by atoms with Gasteiger partial charge in [-0.3, -0.25) is 0 Å². The van der Waals surface area contributed by atoms with Gasteiger partial charge in [-0.25, -0.2) is 4.79 Å². The van der Waals surface area contributed by atoms with Gasteiger partial charge >= 0.3 is 6.09 Å². The third kappa shape index (κ3) is 4.02. The third-order valence-corrected chi connectivity index (χ3v) is 4.12. The minimum atomic E-state index is -0.128. The van der Waals surface area contributed by atoms with Crippen molar-refractivity contribution in [1.29, 1.82) is 0 Å². The van der Waals surface area contributed by atoms with Gasteiger partial charge in [-0.1, -0.05) is 0 Å². The van der Waals surface area contributed by atoms with Crippen LogP contribution in [0.1, 0.15) is 32.6 Å². The summed E-state index contributed by atoms with van der Waals surface area (Å²) in [5, 5.41) is 3.41. The Balaban J connectivity index is 0.00000162. The number of likely N-dealkylation sites (tertiary alicyclic amines) is 1. The molecule has 1 amide bonds. The lowest BCUT2D eigenvalue weighted by molar-refractivity contribution is 0.0804. The van der Waals surface area contributed by atoms with E-state index in [9.17, 15) is 4.79 Å². The first-order chi connectivity index (χ1) is 8.31. The number of hydrogen-bond donors (Lipinski definition) is 1. The summed E-state index contributed by atoms with van der Waals surface area (Å²) < 4.78 is 5.04. The van der Waals surface area contributed by atoms with Gasteiger partial charge in [0.1, 0.15) is 0 Å². The molecule has 0 saturated carbocycles. The Kier molecular flexibility index (Phi) is 6.79. The molecule has 0 unspecified atom stereocenters. The van der Waals surface area contributed by atoms with Crippen molar-refractivity contribution >= 4 is 18.5 Å². The van der Waals surface area contributed by atoms with Crippen LogP contribution in [0.3, 0.4) is 0 Å². The van der Waals surface area contributed by atoms with Crippen molar-refractivity contribution in [1.82, 2.24) is 10.2 Å². The van der Waals surface area contributed by atoms with Crippen molar-refractivity contribution in [3.05, 3.63) is 0 Å². The van der Waals surface area contributed by atoms with Crippen molar-refractivity contribution < 1.29 is 9.53 Å². The smallest absolute Gasteiger partial charge is 0.409 e. The topological polar surface area (TPSA) is 41.6 Å². The molecule has 2 aliphatic heterocycles. The van der Waals surface area contributed by atoms with Crippen LogP contribution in [0.5, 0.6) is 0 Å². The number of rotatable bonds is 2. The number of carbonyl (C=O) groups is 1. The summed E-state index contributed by atoms with van der Waals surface area (Å²) in [6.45, 7) is 6.44. The zero-order chi connectivity index (χ0) is 12.1. The Morgan fingerprint density at radius 3 is 2.28 bits per heavy atom. The number of hydrogen-bond acceptors (Lipinski definition) is 3. The van der Waals surface area contributed by atoms with Crippen LogP contribution in [0.4, 0.5) is 4.79 Å². The standard InChI is InChI=1S/C13H24N2O2.ClH/c1-2-17-13(16)15-9-5-12(6-10-15)11-3-7-14-8-4-11;/h11-12,14H,2-10H2,1H3;1H. The Morgan fingerprint density at radius 1 is 1.17 bits per heavy atom. The molecule has 0 atom stereocenters. The molecule has 18 heavy (non-hydrogen) atoms. The van der Waals surface area contributed by atoms with Gasteiger partial charge < -0.3 is 15.0 Å². The fraction of sp³-hybridized carbons (Fsp3) is 0.923. The Bertz CT molecular complexity index is 249. The van der Waals surface area contributed by atoms with Gasteiger partial charge in [0.05, 0.1) is 6.61 Å². The zero-order valence-electron chi connectivity index (χ0n) is 11.2. The Morgan fingerprint density at radius 2 is 1.72 bits per heavy atom. The van der Waals surface area contributed by atoms with Crippen molar-refractivity contribution in [2.75, 3.05) is 32.8 Å². The van der Waals surface area contributed by atoms with Gasteiger partial charge in [0, 0.05) is 13.1 Å². The maximum atomic E-state index is 11.6. The summed E-state index contributed by atoms with van der Waals surface area (Å²) in [5.41, 5.74) is 0. The molecule has 5 heteroatoms. The lowest BCUT2D eigenvalue weighted by atomic mass is 9.79. The molecule has 0 spiro atoms. The molecular weight excluding hydrogens is 252 g/mol. The fourth-order valence-electron chi connectivity index (χ4n) is 3.08. The van der Waals surface area contributed by atoms with E-state index in [1.165, 1.54) is 25.9 Å². The van der Waals surface area contributed by atoms with Gasteiger partial charge in [-0.05, 0) is 57.5 Å². The number of amides is 1. The zero-order valence-corrected chi connectivity index (χ0v) is 12.0. The first kappa shape index (κ1) is 15.6. The molecular formula is C13H25ClN2O2. The van der Waals surface area contributed by atoms with Crippen LogP contribution in [0.15, 0.2) is 0 Å². The van der Waals surface area contributed by atoms with Crippen LogP contribution in [0, 0.1) is 11.8 Å². The van der Waals surface area contributed by atoms with Gasteiger partial charge in [0.25, 0.3) is 0 Å². The molecule has 0 aromatic rings. The van der Waals surface area contributed by atoms with Crippen LogP contribution >= 0.6 is 12.4 Å². The summed E-state index contributed by atoms with van der Waals surface area (Å²) in [6.07, 6.45) is 4.80. The number of piperidine rings is 2. The molecule has 0 aromatic carbocycles. The molecule has 2 aliphatic rings. The van der Waals surface area contributed by atoms with Gasteiger partial charge in [0.2, 0.25) is 0 Å². The highest BCUT2D eigenvalue weighted by Gasteiger charge is 2.29. The van der Waals surface area contributed by atoms with Crippen LogP contribution in [0.2, 0.25) is 0 Å². The van der Waals surface area contributed by atoms with Gasteiger partial charge in [-0.15, -0.1) is 12.4 Å². The predicted molar refractivity (Wildman–Crippen MR) is 74.2 cm³/mol. The lowest BCUT2D eigenvalue weighted by Crippen LogP contribution is -2.42. The average Bonchev–Trinajstić information content (AvgIpc) is 2.40. The molecule has 2 saturated heterocycles. The van der Waals surface area contributed by atoms with Crippen molar-refractivity contribution in [2.24, 2.45) is 11.8 Å². The SMILES string of the molecule is CCOC(=O)N1CCC(C2CCNCC2)CC1.Cl. The summed E-state index contributed by atoms with van der Waals surface area (Å²) in [5.74, 6) is 1.70. The minimum Gasteiger partial charge on any atom is -0.450 e. The van der Waals surface area contributed by atoms with E-state index in [2.05, 4.69) is 5.32 Å². The molecule has 4 nitrogen and oxygen atoms in total. The van der Waals surface area contributed by atoms with E-state index in [0.717, 1.165) is 37.8 Å². The molecule has 0 aliphatic carbocycles. The number of halogens is 1. The largest absolute Gasteiger partial charge is 0.450 e. The molecule has 2 heterocycles. The second kappa shape index (κ2) is 7.85. The van der Waals surface area contributed by atoms with E-state index in [4.69, 9.17) is 4.74 Å². The number of carbonyl (C=O) groups excluding carboxylic acids is 1. The maximum Gasteiger partial charge on any atom is 0.409 e. The van der Waals surface area contributed by atoms with Crippen LogP contribution in [0.25, 0.3) is 0 Å². The number of nitrogens with zero attached hydrogens (tertiary/aromatic N) is 1. The van der Waals surface area contributed by atoms with Crippen molar-refractivity contribution in [2.45, 2.75) is 32.6 Å². The highest BCUT2D eigenvalue weighted by molar-refractivity contribution is 5.85. The Labute approximate surface area is 116 Å². The quantitative estimate of drug-likeness (QED) is 0.841. The lowest BCUT2D eigenvalue weighted by Gasteiger charge is -2.37. The summed E-state index contributed by atoms with van der Waals surface area (Å²) in [7, 11) is 0. The van der Waals surface area contributed by atoms with Crippen LogP contribution in [-0.4, -0.2) is 43.8 Å². The first-order valence-electron chi connectivity index (χ1n) is 6.93. The number of ether oxygens (including phenoxy) is 1. The van der Waals surface area contributed by atoms with Crippen molar-refractivity contribution in [3.63, 3.8) is 0 Å². The van der Waals surface area contributed by atoms with Gasteiger partial charge in [-0.2, -0.15) is 0 Å². The van der Waals surface area contributed by atoms with Gasteiger partial charge in [0.15, 0.2) is 0 Å². The van der Waals surface area contributed by atoms with E-state index >= 15 is 0 Å². The molecule has 106 valence electrons. The van der Waals surface area contributed by atoms with E-state index in [0.29, 0.717) is 6.61 Å². The molecule has 0 bridgehead atoms. The minimum absolute atomic E-state index is 0. The molecule has 1 N–H and O–H groups in total. The van der Waals surface area contributed by atoms with Crippen molar-refractivity contribution in [3.8, 4) is 0 Å². The highest BCUT2D eigenvalue weighted by Crippen LogP contribution is 2.30. The summed E-state index contributed by atoms with van der Waals surface area (Å²) in [4.78, 5) is 13.4. The van der Waals surface area contributed by atoms with E-state index < -0.39 is 0 Å².